The van der Waals surface area contributed by atoms with Crippen LogP contribution in [-0.4, -0.2) is 36.0 Å². The zero-order valence-corrected chi connectivity index (χ0v) is 15.5. The molecule has 9 heteroatoms. The molecule has 0 aliphatic rings. The van der Waals surface area contributed by atoms with Crippen molar-refractivity contribution < 1.29 is 5.11 Å². The van der Waals surface area contributed by atoms with Gasteiger partial charge in [0.25, 0.3) is 5.95 Å². The van der Waals surface area contributed by atoms with Gasteiger partial charge in [0.2, 0.25) is 0 Å². The second kappa shape index (κ2) is 6.37. The molecular formula is C15H14BrClN6O. The van der Waals surface area contributed by atoms with Crippen molar-refractivity contribution in [2.75, 3.05) is 0 Å². The molecule has 0 amide bonds. The van der Waals surface area contributed by atoms with E-state index < -0.39 is 0 Å². The van der Waals surface area contributed by atoms with Crippen molar-refractivity contribution in [1.82, 2.24) is 24.7 Å². The highest BCUT2D eigenvalue weighted by atomic mass is 79.9. The standard InChI is InChI=1S/C15H14BrClN6O/c1-8-4-9(2)22(21-8)15-20-19-10(3)23(15)18-7-11-5-12(17)6-13(16)14(11)24/h4-7,24H,1-3H3/b18-7-. The number of phenols is 1. The van der Waals surface area contributed by atoms with Crippen molar-refractivity contribution in [3.63, 3.8) is 0 Å². The summed E-state index contributed by atoms with van der Waals surface area (Å²) in [6.07, 6.45) is 1.50. The molecule has 0 aliphatic heterocycles. The third-order valence-electron chi connectivity index (χ3n) is 3.35. The van der Waals surface area contributed by atoms with E-state index in [1.54, 1.807) is 28.4 Å². The number of nitrogens with zero attached hydrogens (tertiary/aromatic N) is 6. The van der Waals surface area contributed by atoms with Gasteiger partial charge >= 0.3 is 0 Å². The predicted octanol–water partition coefficient (Wildman–Crippen LogP) is 3.39. The Morgan fingerprint density at radius 1 is 1.21 bits per heavy atom. The summed E-state index contributed by atoms with van der Waals surface area (Å²) in [6.45, 7) is 5.62. The second-order valence-electron chi connectivity index (χ2n) is 5.27. The van der Waals surface area contributed by atoms with Crippen LogP contribution in [-0.2, 0) is 0 Å². The summed E-state index contributed by atoms with van der Waals surface area (Å²) in [4.78, 5) is 0. The van der Waals surface area contributed by atoms with Crippen molar-refractivity contribution in [1.29, 1.82) is 0 Å². The molecule has 0 radical (unpaired) electrons. The van der Waals surface area contributed by atoms with Gasteiger partial charge in [0.15, 0.2) is 5.82 Å². The average Bonchev–Trinajstić information content (AvgIpc) is 3.03. The largest absolute Gasteiger partial charge is 0.506 e. The zero-order chi connectivity index (χ0) is 17.4. The van der Waals surface area contributed by atoms with Crippen molar-refractivity contribution in [3.8, 4) is 11.7 Å². The minimum atomic E-state index is 0.0570. The van der Waals surface area contributed by atoms with Crippen LogP contribution in [0.25, 0.3) is 5.95 Å². The fourth-order valence-electron chi connectivity index (χ4n) is 2.25. The van der Waals surface area contributed by atoms with Crippen molar-refractivity contribution >= 4 is 33.7 Å². The fraction of sp³-hybridized carbons (Fsp3) is 0.200. The number of aromatic hydroxyl groups is 1. The second-order valence-corrected chi connectivity index (χ2v) is 6.56. The zero-order valence-electron chi connectivity index (χ0n) is 13.2. The van der Waals surface area contributed by atoms with E-state index in [1.807, 2.05) is 19.9 Å². The van der Waals surface area contributed by atoms with Gasteiger partial charge < -0.3 is 5.11 Å². The molecule has 3 aromatic rings. The summed E-state index contributed by atoms with van der Waals surface area (Å²) in [5.41, 5.74) is 2.27. The van der Waals surface area contributed by atoms with Crippen LogP contribution < -0.4 is 0 Å². The van der Waals surface area contributed by atoms with E-state index in [0.29, 0.717) is 26.8 Å². The number of rotatable bonds is 3. The van der Waals surface area contributed by atoms with Crippen LogP contribution in [0.4, 0.5) is 0 Å². The number of hydrogen-bond acceptors (Lipinski definition) is 5. The number of benzene rings is 1. The maximum atomic E-state index is 10.1. The molecular weight excluding hydrogens is 396 g/mol. The van der Waals surface area contributed by atoms with Gasteiger partial charge in [-0.05, 0) is 54.9 Å². The molecule has 0 unspecified atom stereocenters. The van der Waals surface area contributed by atoms with Gasteiger partial charge in [0.05, 0.1) is 16.4 Å². The quantitative estimate of drug-likeness (QED) is 0.672. The van der Waals surface area contributed by atoms with E-state index in [9.17, 15) is 5.11 Å². The molecule has 0 aliphatic carbocycles. The summed E-state index contributed by atoms with van der Waals surface area (Å²) in [6, 6.07) is 5.17. The van der Waals surface area contributed by atoms with Gasteiger partial charge in [-0.1, -0.05) is 11.6 Å². The molecule has 2 aromatic heterocycles. The third-order valence-corrected chi connectivity index (χ3v) is 4.17. The first-order valence-corrected chi connectivity index (χ1v) is 8.22. The molecule has 0 bridgehead atoms. The summed E-state index contributed by atoms with van der Waals surface area (Å²) in [5, 5.41) is 27.5. The van der Waals surface area contributed by atoms with Crippen molar-refractivity contribution in [2.45, 2.75) is 20.8 Å². The molecule has 1 aromatic carbocycles. The van der Waals surface area contributed by atoms with Crippen LogP contribution in [0, 0.1) is 20.8 Å². The number of phenolic OH excluding ortho intramolecular Hbond substituents is 1. The minimum Gasteiger partial charge on any atom is -0.506 e. The highest BCUT2D eigenvalue weighted by molar-refractivity contribution is 9.10. The van der Waals surface area contributed by atoms with E-state index in [0.717, 1.165) is 11.4 Å². The smallest absolute Gasteiger partial charge is 0.273 e. The Kier molecular flexibility index (Phi) is 4.42. The molecule has 0 fully saturated rings. The van der Waals surface area contributed by atoms with Gasteiger partial charge in [-0.3, -0.25) is 0 Å². The first-order valence-electron chi connectivity index (χ1n) is 7.05. The Bertz CT molecular complexity index is 946. The molecule has 0 atom stereocenters. The maximum Gasteiger partial charge on any atom is 0.273 e. The average molecular weight is 410 g/mol. The van der Waals surface area contributed by atoms with E-state index in [2.05, 4.69) is 36.3 Å². The van der Waals surface area contributed by atoms with Crippen LogP contribution in [0.3, 0.4) is 0 Å². The lowest BCUT2D eigenvalue weighted by molar-refractivity contribution is 0.471. The number of hydrogen-bond donors (Lipinski definition) is 1. The van der Waals surface area contributed by atoms with Gasteiger partial charge in [0, 0.05) is 16.3 Å². The van der Waals surface area contributed by atoms with E-state index in [-0.39, 0.29) is 5.75 Å². The van der Waals surface area contributed by atoms with Crippen LogP contribution in [0.5, 0.6) is 5.75 Å². The Labute approximate surface area is 151 Å². The molecule has 0 spiro atoms. The van der Waals surface area contributed by atoms with Crippen LogP contribution in [0.1, 0.15) is 22.8 Å². The van der Waals surface area contributed by atoms with Crippen LogP contribution in [0.2, 0.25) is 5.02 Å². The molecule has 2 heterocycles. The van der Waals surface area contributed by atoms with Crippen molar-refractivity contribution in [3.05, 3.63) is 50.5 Å². The summed E-state index contributed by atoms with van der Waals surface area (Å²) in [5.74, 6) is 1.12. The lowest BCUT2D eigenvalue weighted by atomic mass is 10.2. The molecule has 124 valence electrons. The van der Waals surface area contributed by atoms with Crippen LogP contribution in [0.15, 0.2) is 27.8 Å². The minimum absolute atomic E-state index is 0.0570. The van der Waals surface area contributed by atoms with Gasteiger partial charge in [-0.15, -0.1) is 10.2 Å². The van der Waals surface area contributed by atoms with Gasteiger partial charge in [0.1, 0.15) is 5.75 Å². The monoisotopic (exact) mass is 408 g/mol. The van der Waals surface area contributed by atoms with E-state index in [4.69, 9.17) is 11.6 Å². The molecule has 3 rings (SSSR count). The highest BCUT2D eigenvalue weighted by Crippen LogP contribution is 2.30. The van der Waals surface area contributed by atoms with Crippen molar-refractivity contribution in [2.24, 2.45) is 5.10 Å². The number of halogens is 2. The highest BCUT2D eigenvalue weighted by Gasteiger charge is 2.14. The summed E-state index contributed by atoms with van der Waals surface area (Å²) in [7, 11) is 0. The van der Waals surface area contributed by atoms with Gasteiger partial charge in [-0.25, -0.2) is 4.68 Å². The molecule has 1 N–H and O–H groups in total. The normalized spacial score (nSPS) is 11.5. The molecule has 0 saturated carbocycles. The molecule has 7 nitrogen and oxygen atoms in total. The SMILES string of the molecule is Cc1cc(C)n(-c2nnc(C)n2/N=C\c2cc(Cl)cc(Br)c2O)n1. The number of aromatic nitrogens is 5. The first-order chi connectivity index (χ1) is 11.4. The summed E-state index contributed by atoms with van der Waals surface area (Å²) >= 11 is 9.27. The Balaban J connectivity index is 2.06. The Morgan fingerprint density at radius 2 is 1.96 bits per heavy atom. The number of aryl methyl sites for hydroxylation is 3. The third kappa shape index (κ3) is 3.07. The molecule has 0 saturated heterocycles. The van der Waals surface area contributed by atoms with E-state index in [1.165, 1.54) is 6.21 Å². The Hall–Kier alpha value is -2.19. The van der Waals surface area contributed by atoms with Crippen LogP contribution >= 0.6 is 27.5 Å². The topological polar surface area (TPSA) is 81.1 Å². The molecule has 24 heavy (non-hydrogen) atoms. The van der Waals surface area contributed by atoms with Gasteiger partial charge in [-0.2, -0.15) is 14.9 Å². The first kappa shape index (κ1) is 16.7. The van der Waals surface area contributed by atoms with E-state index >= 15 is 0 Å². The predicted molar refractivity (Wildman–Crippen MR) is 95.2 cm³/mol. The maximum absolute atomic E-state index is 10.1. The lowest BCUT2D eigenvalue weighted by Crippen LogP contribution is -2.08. The Morgan fingerprint density at radius 3 is 2.62 bits per heavy atom. The summed E-state index contributed by atoms with van der Waals surface area (Å²) < 4.78 is 3.71. The fourth-order valence-corrected chi connectivity index (χ4v) is 3.08. The lowest BCUT2D eigenvalue weighted by Gasteiger charge is -2.05.